The largest absolute Gasteiger partial charge is 0.472 e. The second kappa shape index (κ2) is 57.8. The number of esters is 4. The van der Waals surface area contributed by atoms with Crippen LogP contribution in [0.25, 0.3) is 0 Å². The summed E-state index contributed by atoms with van der Waals surface area (Å²) in [5.74, 6) is -1.37. The number of rotatable bonds is 64. The van der Waals surface area contributed by atoms with Crippen LogP contribution in [-0.2, 0) is 65.4 Å². The van der Waals surface area contributed by atoms with Gasteiger partial charge < -0.3 is 33.8 Å². The van der Waals surface area contributed by atoms with E-state index in [1.807, 2.05) is 0 Å². The number of hydrogen-bond donors (Lipinski definition) is 3. The van der Waals surface area contributed by atoms with Crippen molar-refractivity contribution >= 4 is 39.5 Å². The maximum atomic E-state index is 13.0. The number of phosphoric acid groups is 2. The fourth-order valence-electron chi connectivity index (χ4n) is 9.58. The van der Waals surface area contributed by atoms with Crippen molar-refractivity contribution in [2.75, 3.05) is 39.6 Å². The van der Waals surface area contributed by atoms with Gasteiger partial charge in [0, 0.05) is 25.7 Å². The van der Waals surface area contributed by atoms with E-state index in [1.54, 1.807) is 0 Å². The van der Waals surface area contributed by atoms with Crippen molar-refractivity contribution in [3.63, 3.8) is 0 Å². The van der Waals surface area contributed by atoms with Gasteiger partial charge in [0.1, 0.15) is 19.3 Å². The minimum Gasteiger partial charge on any atom is -0.462 e. The molecule has 0 saturated carbocycles. The predicted octanol–water partition coefficient (Wildman–Crippen LogP) is 17.8. The zero-order valence-electron chi connectivity index (χ0n) is 53.3. The Morgan fingerprint density at radius 1 is 0.325 bits per heavy atom. The van der Waals surface area contributed by atoms with Gasteiger partial charge >= 0.3 is 39.5 Å². The third-order valence-corrected chi connectivity index (χ3v) is 16.7. The standard InChI is InChI=1S/C64H124O17P2/c1-6-9-12-15-17-19-20-21-22-23-27-30-34-38-43-48-62(67)75-54-60(81-64(69)50-45-40-35-31-28-25-24-26-29-32-37-41-46-57(4)5)56-79-83(72,73)77-52-58(65)51-76-82(70,71)78-55-59(53-74-61(66)47-42-36-14-11-8-3)80-63(68)49-44-39-33-18-16-13-10-7-2/h57-60,65H,6-56H2,1-5H3,(H,70,71)(H,72,73)/t58-,59+,60+/m0/s1. The third kappa shape index (κ3) is 58.8. The maximum Gasteiger partial charge on any atom is 0.472 e. The minimum atomic E-state index is -4.94. The average molecular weight is 1230 g/mol. The number of aliphatic hydroxyl groups is 1. The molecular weight excluding hydrogens is 1100 g/mol. The van der Waals surface area contributed by atoms with Crippen LogP contribution in [0.15, 0.2) is 0 Å². The second-order valence-corrected chi connectivity index (χ2v) is 26.5. The zero-order valence-corrected chi connectivity index (χ0v) is 55.1. The average Bonchev–Trinajstić information content (AvgIpc) is 3.45. The molecule has 0 rings (SSSR count). The number of hydrogen-bond acceptors (Lipinski definition) is 15. The number of carbonyl (C=O) groups excluding carboxylic acids is 4. The molecule has 0 heterocycles. The summed E-state index contributed by atoms with van der Waals surface area (Å²) >= 11 is 0. The van der Waals surface area contributed by atoms with Crippen LogP contribution in [0, 0.1) is 5.92 Å². The van der Waals surface area contributed by atoms with E-state index >= 15 is 0 Å². The van der Waals surface area contributed by atoms with E-state index in [0.29, 0.717) is 25.7 Å². The smallest absolute Gasteiger partial charge is 0.462 e. The highest BCUT2D eigenvalue weighted by atomic mass is 31.2. The lowest BCUT2D eigenvalue weighted by Gasteiger charge is -2.21. The van der Waals surface area contributed by atoms with Gasteiger partial charge in [-0.15, -0.1) is 0 Å². The Balaban J connectivity index is 5.15. The van der Waals surface area contributed by atoms with E-state index in [-0.39, 0.29) is 25.7 Å². The van der Waals surface area contributed by atoms with Crippen molar-refractivity contribution in [3.8, 4) is 0 Å². The number of aliphatic hydroxyl groups excluding tert-OH is 1. The molecule has 0 spiro atoms. The molecule has 2 unspecified atom stereocenters. The second-order valence-electron chi connectivity index (χ2n) is 23.6. The van der Waals surface area contributed by atoms with Gasteiger partial charge in [0.2, 0.25) is 0 Å². The topological polar surface area (TPSA) is 237 Å². The first-order valence-corrected chi connectivity index (χ1v) is 36.6. The molecule has 0 aliphatic rings. The van der Waals surface area contributed by atoms with Gasteiger partial charge in [0.25, 0.3) is 0 Å². The molecule has 0 aliphatic carbocycles. The Kier molecular flexibility index (Phi) is 56.4. The highest BCUT2D eigenvalue weighted by molar-refractivity contribution is 7.47. The molecule has 19 heteroatoms. The van der Waals surface area contributed by atoms with Crippen molar-refractivity contribution in [1.82, 2.24) is 0 Å². The maximum absolute atomic E-state index is 13.0. The molecule has 0 aliphatic heterocycles. The van der Waals surface area contributed by atoms with Gasteiger partial charge in [-0.25, -0.2) is 9.13 Å². The summed E-state index contributed by atoms with van der Waals surface area (Å²) < 4.78 is 67.8. The van der Waals surface area contributed by atoms with E-state index in [0.717, 1.165) is 109 Å². The molecule has 3 N–H and O–H groups in total. The summed E-state index contributed by atoms with van der Waals surface area (Å²) in [7, 11) is -9.87. The molecule has 5 atom stereocenters. The Morgan fingerprint density at radius 3 is 0.819 bits per heavy atom. The summed E-state index contributed by atoms with van der Waals surface area (Å²) in [4.78, 5) is 71.9. The third-order valence-electron chi connectivity index (χ3n) is 14.8. The summed E-state index contributed by atoms with van der Waals surface area (Å²) in [6.45, 7) is 7.10. The van der Waals surface area contributed by atoms with E-state index < -0.39 is 97.5 Å². The van der Waals surface area contributed by atoms with Crippen molar-refractivity contribution in [3.05, 3.63) is 0 Å². The predicted molar refractivity (Wildman–Crippen MR) is 331 cm³/mol. The first-order chi connectivity index (χ1) is 40.0. The molecule has 0 saturated heterocycles. The van der Waals surface area contributed by atoms with Crippen LogP contribution < -0.4 is 0 Å². The fourth-order valence-corrected chi connectivity index (χ4v) is 11.2. The Bertz CT molecular complexity index is 1620. The summed E-state index contributed by atoms with van der Waals surface area (Å²) in [6, 6.07) is 0. The van der Waals surface area contributed by atoms with Crippen LogP contribution in [0.2, 0.25) is 0 Å². The molecule has 17 nitrogen and oxygen atoms in total. The van der Waals surface area contributed by atoms with Crippen LogP contribution in [0.1, 0.15) is 324 Å². The van der Waals surface area contributed by atoms with Gasteiger partial charge in [-0.05, 0) is 31.6 Å². The summed E-state index contributed by atoms with van der Waals surface area (Å²) in [6.07, 6.45) is 42.1. The summed E-state index contributed by atoms with van der Waals surface area (Å²) in [5, 5.41) is 10.5. The highest BCUT2D eigenvalue weighted by Gasteiger charge is 2.30. The van der Waals surface area contributed by atoms with Crippen molar-refractivity contribution in [2.24, 2.45) is 5.92 Å². The molecule has 0 radical (unpaired) electrons. The van der Waals surface area contributed by atoms with Crippen LogP contribution in [-0.4, -0.2) is 96.7 Å². The van der Waals surface area contributed by atoms with Crippen molar-refractivity contribution in [1.29, 1.82) is 0 Å². The lowest BCUT2D eigenvalue weighted by atomic mass is 10.0. The van der Waals surface area contributed by atoms with Crippen LogP contribution >= 0.6 is 15.6 Å². The van der Waals surface area contributed by atoms with Gasteiger partial charge in [0.15, 0.2) is 12.2 Å². The lowest BCUT2D eigenvalue weighted by Crippen LogP contribution is -2.30. The number of ether oxygens (including phenoxy) is 4. The zero-order chi connectivity index (χ0) is 61.3. The van der Waals surface area contributed by atoms with Crippen molar-refractivity contribution < 1.29 is 80.2 Å². The quantitative estimate of drug-likeness (QED) is 0.0222. The highest BCUT2D eigenvalue weighted by Crippen LogP contribution is 2.45. The van der Waals surface area contributed by atoms with Crippen LogP contribution in [0.5, 0.6) is 0 Å². The molecule has 0 fully saturated rings. The molecule has 492 valence electrons. The first kappa shape index (κ1) is 81.1. The molecule has 0 aromatic heterocycles. The van der Waals surface area contributed by atoms with E-state index in [1.165, 1.54) is 135 Å². The van der Waals surface area contributed by atoms with Crippen LogP contribution in [0.3, 0.4) is 0 Å². The minimum absolute atomic E-state index is 0.104. The SMILES string of the molecule is CCCCCCCCCCCCCCCCCC(=O)OC[C@H](COP(=O)(O)OC[C@@H](O)COP(=O)(O)OC[C@@H](COC(=O)CCCCCCC)OC(=O)CCCCCCCCCC)OC(=O)CCCCCCCCCCCCCCC(C)C. The summed E-state index contributed by atoms with van der Waals surface area (Å²) in [5.41, 5.74) is 0. The molecule has 0 amide bonds. The molecule has 83 heavy (non-hydrogen) atoms. The van der Waals surface area contributed by atoms with Gasteiger partial charge in [-0.2, -0.15) is 0 Å². The Morgan fingerprint density at radius 2 is 0.554 bits per heavy atom. The van der Waals surface area contributed by atoms with Crippen LogP contribution in [0.4, 0.5) is 0 Å². The number of carbonyl (C=O) groups is 4. The Hall–Kier alpha value is -1.94. The normalized spacial score (nSPS) is 14.2. The monoisotopic (exact) mass is 1230 g/mol. The molecule has 0 bridgehead atoms. The van der Waals surface area contributed by atoms with Gasteiger partial charge in [-0.1, -0.05) is 272 Å². The fraction of sp³-hybridized carbons (Fsp3) is 0.938. The van der Waals surface area contributed by atoms with Crippen molar-refractivity contribution in [2.45, 2.75) is 342 Å². The first-order valence-electron chi connectivity index (χ1n) is 33.6. The van der Waals surface area contributed by atoms with E-state index in [4.69, 9.17) is 37.0 Å². The Labute approximate surface area is 505 Å². The number of unbranched alkanes of at least 4 members (excludes halogenated alkanes) is 36. The van der Waals surface area contributed by atoms with E-state index in [2.05, 4.69) is 34.6 Å². The van der Waals surface area contributed by atoms with E-state index in [9.17, 15) is 43.2 Å². The molecule has 0 aromatic carbocycles. The number of phosphoric ester groups is 2. The van der Waals surface area contributed by atoms with Gasteiger partial charge in [-0.3, -0.25) is 37.3 Å². The lowest BCUT2D eigenvalue weighted by molar-refractivity contribution is -0.161. The molecule has 0 aromatic rings. The van der Waals surface area contributed by atoms with Gasteiger partial charge in [0.05, 0.1) is 26.4 Å². The molecular formula is C64H124O17P2.